The summed E-state index contributed by atoms with van der Waals surface area (Å²) in [4.78, 5) is 37.2. The smallest absolute Gasteiger partial charge is 0.270 e. The number of rotatable bonds is 5. The van der Waals surface area contributed by atoms with Gasteiger partial charge in [0.05, 0.1) is 35.6 Å². The normalized spacial score (nSPS) is 20.1. The molecule has 0 bridgehead atoms. The second kappa shape index (κ2) is 9.69. The molecule has 3 aromatic rings. The summed E-state index contributed by atoms with van der Waals surface area (Å²) in [5.41, 5.74) is 2.18. The van der Waals surface area contributed by atoms with E-state index in [1.165, 1.54) is 17.2 Å². The van der Waals surface area contributed by atoms with Gasteiger partial charge in [-0.2, -0.15) is 0 Å². The topological polar surface area (TPSA) is 94.3 Å². The fourth-order valence-corrected chi connectivity index (χ4v) is 5.98. The third kappa shape index (κ3) is 4.35. The van der Waals surface area contributed by atoms with Crippen molar-refractivity contribution in [3.8, 4) is 5.75 Å². The van der Waals surface area contributed by atoms with Gasteiger partial charge in [-0.15, -0.1) is 24.2 Å². The van der Waals surface area contributed by atoms with Crippen LogP contribution in [0.3, 0.4) is 0 Å². The highest BCUT2D eigenvalue weighted by atomic mass is 35.5. The summed E-state index contributed by atoms with van der Waals surface area (Å²) >= 11 is 1.83. The lowest BCUT2D eigenvalue weighted by molar-refractivity contribution is 0.171. The molecule has 0 radical (unpaired) electrons. The highest BCUT2D eigenvalue weighted by Gasteiger charge is 2.29. The lowest BCUT2D eigenvalue weighted by Gasteiger charge is -2.34. The van der Waals surface area contributed by atoms with E-state index >= 15 is 0 Å². The molecule has 0 aliphatic carbocycles. The highest BCUT2D eigenvalue weighted by molar-refractivity contribution is 7.99. The maximum atomic E-state index is 12.6. The number of fused-ring (bicyclic) bond motifs is 1. The predicted molar refractivity (Wildman–Crippen MR) is 133 cm³/mol. The van der Waals surface area contributed by atoms with Crippen LogP contribution in [-0.4, -0.2) is 62.0 Å². The van der Waals surface area contributed by atoms with Crippen LogP contribution in [0.2, 0.25) is 0 Å². The van der Waals surface area contributed by atoms with E-state index in [1.54, 1.807) is 15.2 Å². The van der Waals surface area contributed by atoms with Crippen molar-refractivity contribution >= 4 is 35.3 Å². The molecule has 6 rings (SSSR count). The molecular formula is C23H27ClN6O3S. The van der Waals surface area contributed by atoms with Crippen LogP contribution < -0.4 is 21.2 Å². The summed E-state index contributed by atoms with van der Waals surface area (Å²) in [7, 11) is 0. The van der Waals surface area contributed by atoms with Gasteiger partial charge in [-0.25, -0.2) is 4.98 Å². The van der Waals surface area contributed by atoms with Crippen LogP contribution in [0.15, 0.2) is 45.1 Å². The standard InChI is InChI=1S/C23H26N6O3S.ClH/c30-21-2-1-18-23-28(21)14-17(29(23)22(31)12-26-18)13-27-5-3-15(4-6-27)24-10-16-9-20-19(11-25-16)32-7-8-33-20;/h1-2,9,11-12,15,17,24H,3-8,10,13-14H2;1H/t17-;/m1./s1. The first-order valence-corrected chi connectivity index (χ1v) is 12.5. The molecule has 180 valence electrons. The largest absolute Gasteiger partial charge is 0.490 e. The van der Waals surface area contributed by atoms with Crippen molar-refractivity contribution in [3.05, 3.63) is 57.0 Å². The summed E-state index contributed by atoms with van der Waals surface area (Å²) in [6, 6.07) is 5.78. The molecule has 0 aromatic carbocycles. The van der Waals surface area contributed by atoms with E-state index in [2.05, 4.69) is 26.3 Å². The van der Waals surface area contributed by atoms with Gasteiger partial charge in [-0.05, 0) is 38.1 Å². The Morgan fingerprint density at radius 3 is 2.82 bits per heavy atom. The first kappa shape index (κ1) is 23.3. The molecule has 0 amide bonds. The van der Waals surface area contributed by atoms with Gasteiger partial charge in [0.1, 0.15) is 11.2 Å². The van der Waals surface area contributed by atoms with Gasteiger partial charge < -0.3 is 15.0 Å². The number of piperidine rings is 1. The molecule has 6 heterocycles. The third-order valence-corrected chi connectivity index (χ3v) is 7.79. The SMILES string of the molecule is Cl.O=c1ccc2ncc(=O)n3c2n1C[C@H]3CN1CCC(NCc2cc3c(cn2)OCCS3)CC1. The molecule has 3 aliphatic rings. The van der Waals surface area contributed by atoms with Crippen LogP contribution in [0.4, 0.5) is 0 Å². The number of hydrogen-bond donors (Lipinski definition) is 1. The molecule has 1 fully saturated rings. The molecule has 0 spiro atoms. The summed E-state index contributed by atoms with van der Waals surface area (Å²) in [5.74, 6) is 1.88. The Kier molecular flexibility index (Phi) is 6.65. The van der Waals surface area contributed by atoms with Crippen molar-refractivity contribution in [1.29, 1.82) is 0 Å². The molecular weight excluding hydrogens is 476 g/mol. The zero-order valence-corrected chi connectivity index (χ0v) is 20.3. The molecule has 1 N–H and O–H groups in total. The monoisotopic (exact) mass is 502 g/mol. The first-order chi connectivity index (χ1) is 16.2. The van der Waals surface area contributed by atoms with Crippen molar-refractivity contribution in [1.82, 2.24) is 29.3 Å². The van der Waals surface area contributed by atoms with Gasteiger partial charge in [0, 0.05) is 37.5 Å². The second-order valence-electron chi connectivity index (χ2n) is 8.89. The van der Waals surface area contributed by atoms with E-state index in [0.29, 0.717) is 23.8 Å². The Labute approximate surface area is 206 Å². The van der Waals surface area contributed by atoms with Crippen LogP contribution in [0.5, 0.6) is 5.75 Å². The first-order valence-electron chi connectivity index (χ1n) is 11.5. The summed E-state index contributed by atoms with van der Waals surface area (Å²) < 4.78 is 9.09. The van der Waals surface area contributed by atoms with Crippen LogP contribution >= 0.6 is 24.2 Å². The van der Waals surface area contributed by atoms with E-state index in [9.17, 15) is 9.59 Å². The summed E-state index contributed by atoms with van der Waals surface area (Å²) in [5, 5.41) is 3.66. The van der Waals surface area contributed by atoms with Crippen LogP contribution in [-0.2, 0) is 13.1 Å². The Bertz CT molecular complexity index is 1320. The minimum absolute atomic E-state index is 0. The summed E-state index contributed by atoms with van der Waals surface area (Å²) in [6.45, 7) is 4.72. The molecule has 3 aliphatic heterocycles. The number of likely N-dealkylation sites (tertiary alicyclic amines) is 1. The molecule has 34 heavy (non-hydrogen) atoms. The fourth-order valence-electron chi connectivity index (χ4n) is 5.12. The fraction of sp³-hybridized carbons (Fsp3) is 0.478. The van der Waals surface area contributed by atoms with Gasteiger partial charge >= 0.3 is 0 Å². The number of nitrogens with one attached hydrogen (secondary N) is 1. The van der Waals surface area contributed by atoms with Gasteiger partial charge in [0.25, 0.3) is 11.1 Å². The van der Waals surface area contributed by atoms with Gasteiger partial charge in [0.15, 0.2) is 5.75 Å². The third-order valence-electron chi connectivity index (χ3n) is 6.79. The van der Waals surface area contributed by atoms with E-state index < -0.39 is 0 Å². The maximum Gasteiger partial charge on any atom is 0.270 e. The molecule has 1 saturated heterocycles. The average molecular weight is 503 g/mol. The predicted octanol–water partition coefficient (Wildman–Crippen LogP) is 1.67. The van der Waals surface area contributed by atoms with Gasteiger partial charge in [-0.3, -0.25) is 23.7 Å². The average Bonchev–Trinajstić information content (AvgIpc) is 3.23. The molecule has 9 nitrogen and oxygen atoms in total. The number of hydrogen-bond acceptors (Lipinski definition) is 8. The zero-order valence-electron chi connectivity index (χ0n) is 18.7. The highest BCUT2D eigenvalue weighted by Crippen LogP contribution is 2.32. The van der Waals surface area contributed by atoms with E-state index in [-0.39, 0.29) is 29.6 Å². The Morgan fingerprint density at radius 2 is 1.97 bits per heavy atom. The minimum atomic E-state index is -0.137. The summed E-state index contributed by atoms with van der Waals surface area (Å²) in [6.07, 6.45) is 5.29. The Hall–Kier alpha value is -2.40. The second-order valence-corrected chi connectivity index (χ2v) is 10.0. The van der Waals surface area contributed by atoms with Crippen LogP contribution in [0.25, 0.3) is 11.2 Å². The number of nitrogens with zero attached hydrogens (tertiary/aromatic N) is 5. The van der Waals surface area contributed by atoms with Crippen molar-refractivity contribution < 1.29 is 4.74 Å². The van der Waals surface area contributed by atoms with Crippen molar-refractivity contribution in [2.24, 2.45) is 0 Å². The molecule has 0 unspecified atom stereocenters. The number of ether oxygens (including phenoxy) is 1. The molecule has 0 saturated carbocycles. The van der Waals surface area contributed by atoms with E-state index in [1.807, 2.05) is 18.0 Å². The van der Waals surface area contributed by atoms with Crippen molar-refractivity contribution in [2.75, 3.05) is 32.0 Å². The Morgan fingerprint density at radius 1 is 1.12 bits per heavy atom. The molecule has 1 atom stereocenters. The lowest BCUT2D eigenvalue weighted by atomic mass is 10.0. The van der Waals surface area contributed by atoms with Crippen molar-refractivity contribution in [3.63, 3.8) is 0 Å². The van der Waals surface area contributed by atoms with E-state index in [4.69, 9.17) is 4.74 Å². The van der Waals surface area contributed by atoms with Gasteiger partial charge in [0.2, 0.25) is 0 Å². The van der Waals surface area contributed by atoms with Crippen molar-refractivity contribution in [2.45, 2.75) is 42.9 Å². The number of halogens is 1. The Balaban J connectivity index is 0.00000241. The van der Waals surface area contributed by atoms with Gasteiger partial charge in [-0.1, -0.05) is 0 Å². The zero-order chi connectivity index (χ0) is 22.4. The van der Waals surface area contributed by atoms with Crippen LogP contribution in [0.1, 0.15) is 24.6 Å². The lowest BCUT2D eigenvalue weighted by Crippen LogP contribution is -2.44. The van der Waals surface area contributed by atoms with E-state index in [0.717, 1.165) is 62.8 Å². The van der Waals surface area contributed by atoms with Crippen LogP contribution in [0, 0.1) is 0 Å². The number of pyridine rings is 2. The number of aromatic nitrogens is 4. The quantitative estimate of drug-likeness (QED) is 0.563. The molecule has 11 heteroatoms. The number of thioether (sulfide) groups is 1. The minimum Gasteiger partial charge on any atom is -0.490 e. The maximum absolute atomic E-state index is 12.6. The molecule has 3 aromatic heterocycles.